The van der Waals surface area contributed by atoms with Crippen molar-refractivity contribution in [2.75, 3.05) is 6.79 Å². The van der Waals surface area contributed by atoms with Crippen molar-refractivity contribution < 1.29 is 19.4 Å². The van der Waals surface area contributed by atoms with E-state index in [0.717, 1.165) is 59.3 Å². The summed E-state index contributed by atoms with van der Waals surface area (Å²) in [4.78, 5) is 19.7. The molecule has 0 spiro atoms. The van der Waals surface area contributed by atoms with Crippen LogP contribution in [0.4, 0.5) is 0 Å². The Morgan fingerprint density at radius 3 is 2.80 bits per heavy atom. The molecule has 0 bridgehead atoms. The number of aryl methyl sites for hydroxylation is 2. The van der Waals surface area contributed by atoms with Gasteiger partial charge in [-0.3, -0.25) is 4.79 Å². The van der Waals surface area contributed by atoms with Crippen LogP contribution in [0.3, 0.4) is 0 Å². The Labute approximate surface area is 176 Å². The number of carbonyl (C=O) groups is 1. The summed E-state index contributed by atoms with van der Waals surface area (Å²) in [5.74, 6) is 1.72. The molecule has 1 fully saturated rings. The Morgan fingerprint density at radius 1 is 1.27 bits per heavy atom. The molecule has 3 heterocycles. The number of nitrogens with zero attached hydrogens (tertiary/aromatic N) is 2. The van der Waals surface area contributed by atoms with Crippen molar-refractivity contribution in [2.24, 2.45) is 5.92 Å². The highest BCUT2D eigenvalue weighted by atomic mass is 16.7. The summed E-state index contributed by atoms with van der Waals surface area (Å²) in [5.41, 5.74) is 4.16. The van der Waals surface area contributed by atoms with Crippen molar-refractivity contribution in [1.82, 2.24) is 9.88 Å². The average Bonchev–Trinajstić information content (AvgIpc) is 3.29. The van der Waals surface area contributed by atoms with E-state index in [1.54, 1.807) is 0 Å². The summed E-state index contributed by atoms with van der Waals surface area (Å²) in [6.45, 7) is 6.44. The van der Waals surface area contributed by atoms with Crippen molar-refractivity contribution in [2.45, 2.75) is 64.6 Å². The minimum absolute atomic E-state index is 0.0517. The molecular formula is C24H28N2O4. The van der Waals surface area contributed by atoms with Gasteiger partial charge in [0.1, 0.15) is 0 Å². The summed E-state index contributed by atoms with van der Waals surface area (Å²) in [7, 11) is 0. The van der Waals surface area contributed by atoms with Gasteiger partial charge in [-0.15, -0.1) is 0 Å². The number of fused-ring (bicyclic) bond motifs is 2. The van der Waals surface area contributed by atoms with Gasteiger partial charge in [0.25, 0.3) is 11.8 Å². The molecule has 6 heteroatoms. The maximum Gasteiger partial charge on any atom is 0.260 e. The normalized spacial score (nSPS) is 18.7. The fourth-order valence-electron chi connectivity index (χ4n) is 5.08. The lowest BCUT2D eigenvalue weighted by Gasteiger charge is -2.37. The van der Waals surface area contributed by atoms with Crippen LogP contribution in [0.2, 0.25) is 0 Å². The molecule has 3 aliphatic rings. The van der Waals surface area contributed by atoms with Crippen molar-refractivity contribution >= 4 is 5.91 Å². The summed E-state index contributed by atoms with van der Waals surface area (Å²) in [5, 5.41) is 10.8. The van der Waals surface area contributed by atoms with E-state index in [0.29, 0.717) is 18.3 Å². The van der Waals surface area contributed by atoms with Crippen molar-refractivity contribution in [3.05, 3.63) is 52.2 Å². The zero-order valence-corrected chi connectivity index (χ0v) is 17.8. The van der Waals surface area contributed by atoms with Gasteiger partial charge in [-0.25, -0.2) is 4.98 Å². The van der Waals surface area contributed by atoms with E-state index in [1.165, 1.54) is 0 Å². The van der Waals surface area contributed by atoms with Gasteiger partial charge in [0.05, 0.1) is 11.6 Å². The third kappa shape index (κ3) is 3.23. The molecule has 0 radical (unpaired) electrons. The van der Waals surface area contributed by atoms with E-state index in [-0.39, 0.29) is 18.7 Å². The van der Waals surface area contributed by atoms with E-state index in [2.05, 4.69) is 4.98 Å². The van der Waals surface area contributed by atoms with E-state index < -0.39 is 5.60 Å². The van der Waals surface area contributed by atoms with Gasteiger partial charge >= 0.3 is 0 Å². The second-order valence-corrected chi connectivity index (χ2v) is 9.28. The molecule has 0 unspecified atom stereocenters. The first-order valence-electron chi connectivity index (χ1n) is 10.7. The third-order valence-corrected chi connectivity index (χ3v) is 6.54. The number of pyridine rings is 1. The van der Waals surface area contributed by atoms with E-state index in [4.69, 9.17) is 9.47 Å². The number of hydrogen-bond acceptors (Lipinski definition) is 5. The van der Waals surface area contributed by atoms with Crippen LogP contribution in [0, 0.1) is 12.8 Å². The van der Waals surface area contributed by atoms with Crippen LogP contribution in [0.1, 0.15) is 59.3 Å². The first kappa shape index (κ1) is 19.4. The van der Waals surface area contributed by atoms with Crippen LogP contribution in [0.15, 0.2) is 24.4 Å². The highest BCUT2D eigenvalue weighted by molar-refractivity contribution is 6.00. The summed E-state index contributed by atoms with van der Waals surface area (Å²) in [6, 6.07) is 5.98. The maximum atomic E-state index is 13.5. The second kappa shape index (κ2) is 6.98. The molecule has 0 saturated heterocycles. The molecule has 1 aromatic heterocycles. The first-order chi connectivity index (χ1) is 14.3. The Morgan fingerprint density at radius 2 is 2.07 bits per heavy atom. The van der Waals surface area contributed by atoms with Gasteiger partial charge < -0.3 is 19.5 Å². The van der Waals surface area contributed by atoms with Crippen LogP contribution in [0.25, 0.3) is 0 Å². The molecule has 1 aliphatic carbocycles. The van der Waals surface area contributed by atoms with Gasteiger partial charge in [0, 0.05) is 23.9 Å². The molecule has 1 atom stereocenters. The molecule has 1 saturated carbocycles. The van der Waals surface area contributed by atoms with Gasteiger partial charge in [-0.05, 0) is 69.1 Å². The predicted molar refractivity (Wildman–Crippen MR) is 112 cm³/mol. The third-order valence-electron chi connectivity index (χ3n) is 6.54. The standard InChI is InChI=1S/C24H28N2O4/c1-14-11-25-22-20(29-13-30-22)18(14)10-9-15-5-4-6-17-12-26(23(27)19(15)17)21(16-7-8-16)24(2,3)28/h4-6,11,16,21,28H,7-10,12-13H2,1-3H3/t21-/m1/s1. The van der Waals surface area contributed by atoms with Crippen molar-refractivity contribution in [1.29, 1.82) is 0 Å². The SMILES string of the molecule is Cc1cnc2c(c1CCc1cccc3c1C(=O)N([C@H](C1CC1)C(C)(C)O)C3)OCO2. The van der Waals surface area contributed by atoms with Crippen molar-refractivity contribution in [3.63, 3.8) is 0 Å². The summed E-state index contributed by atoms with van der Waals surface area (Å²) in [6.07, 6.45) is 5.46. The topological polar surface area (TPSA) is 71.9 Å². The largest absolute Gasteiger partial charge is 0.451 e. The predicted octanol–water partition coefficient (Wildman–Crippen LogP) is 3.41. The lowest BCUT2D eigenvalue weighted by atomic mass is 9.92. The molecule has 2 aromatic rings. The fraction of sp³-hybridized carbons (Fsp3) is 0.500. The second-order valence-electron chi connectivity index (χ2n) is 9.28. The number of rotatable bonds is 6. The van der Waals surface area contributed by atoms with Crippen LogP contribution < -0.4 is 9.47 Å². The van der Waals surface area contributed by atoms with Gasteiger partial charge in [-0.2, -0.15) is 0 Å². The number of carbonyl (C=O) groups excluding carboxylic acids is 1. The maximum absolute atomic E-state index is 13.5. The van der Waals surface area contributed by atoms with E-state index in [1.807, 2.05) is 50.1 Å². The molecule has 6 nitrogen and oxygen atoms in total. The lowest BCUT2D eigenvalue weighted by Crippen LogP contribution is -2.51. The Kier molecular flexibility index (Phi) is 4.51. The highest BCUT2D eigenvalue weighted by Crippen LogP contribution is 2.43. The van der Waals surface area contributed by atoms with Crippen LogP contribution in [0.5, 0.6) is 11.6 Å². The molecule has 2 aliphatic heterocycles. The summed E-state index contributed by atoms with van der Waals surface area (Å²) >= 11 is 0. The summed E-state index contributed by atoms with van der Waals surface area (Å²) < 4.78 is 11.1. The number of hydrogen-bond donors (Lipinski definition) is 1. The molecule has 1 aromatic carbocycles. The highest BCUT2D eigenvalue weighted by Gasteiger charge is 2.48. The number of amides is 1. The molecule has 5 rings (SSSR count). The molecule has 158 valence electrons. The molecule has 1 amide bonds. The van der Waals surface area contributed by atoms with Gasteiger partial charge in [-0.1, -0.05) is 18.2 Å². The molecular weight excluding hydrogens is 380 g/mol. The smallest absolute Gasteiger partial charge is 0.260 e. The number of ether oxygens (including phenoxy) is 2. The lowest BCUT2D eigenvalue weighted by molar-refractivity contribution is -0.0224. The number of benzene rings is 1. The Balaban J connectivity index is 1.42. The molecule has 30 heavy (non-hydrogen) atoms. The average molecular weight is 408 g/mol. The van der Waals surface area contributed by atoms with E-state index >= 15 is 0 Å². The van der Waals surface area contributed by atoms with E-state index in [9.17, 15) is 9.90 Å². The zero-order chi connectivity index (χ0) is 21.0. The van der Waals surface area contributed by atoms with Crippen LogP contribution in [-0.4, -0.2) is 39.3 Å². The first-order valence-corrected chi connectivity index (χ1v) is 10.7. The monoisotopic (exact) mass is 408 g/mol. The minimum atomic E-state index is -0.912. The number of aromatic nitrogens is 1. The Hall–Kier alpha value is -2.60. The molecule has 1 N–H and O–H groups in total. The van der Waals surface area contributed by atoms with Gasteiger partial charge in [0.2, 0.25) is 6.79 Å². The van der Waals surface area contributed by atoms with Crippen molar-refractivity contribution in [3.8, 4) is 11.6 Å². The van der Waals surface area contributed by atoms with Crippen LogP contribution >= 0.6 is 0 Å². The number of aliphatic hydroxyl groups is 1. The fourth-order valence-corrected chi connectivity index (χ4v) is 5.08. The Bertz CT molecular complexity index is 1010. The zero-order valence-electron chi connectivity index (χ0n) is 17.8. The van der Waals surface area contributed by atoms with Crippen LogP contribution in [-0.2, 0) is 19.4 Å². The van der Waals surface area contributed by atoms with Gasteiger partial charge in [0.15, 0.2) is 5.75 Å². The quantitative estimate of drug-likeness (QED) is 0.793. The minimum Gasteiger partial charge on any atom is -0.451 e.